The molecule has 0 aromatic heterocycles. The van der Waals surface area contributed by atoms with Crippen molar-refractivity contribution in [3.8, 4) is 0 Å². The van der Waals surface area contributed by atoms with Gasteiger partial charge in [-0.2, -0.15) is 0 Å². The second-order valence-electron chi connectivity index (χ2n) is 1.55. The fraction of sp³-hybridized carbons (Fsp3) is 1.00. The number of rotatable bonds is 3. The fourth-order valence-corrected chi connectivity index (χ4v) is 0.368. The molecule has 0 amide bonds. The molecule has 0 aliphatic rings. The molecule has 3 N–H and O–H groups in total. The van der Waals surface area contributed by atoms with Crippen LogP contribution in [0.15, 0.2) is 0 Å². The van der Waals surface area contributed by atoms with Crippen LogP contribution in [-0.4, -0.2) is 19.3 Å². The minimum Gasteiger partial charge on any atom is -0.373 e. The van der Waals surface area contributed by atoms with Crippen molar-refractivity contribution in [2.45, 2.75) is 20.0 Å². The number of ether oxygens (including phenoxy) is 1. The van der Waals surface area contributed by atoms with Gasteiger partial charge in [0.15, 0.2) is 0 Å². The Kier molecular flexibility index (Phi) is 4.04. The van der Waals surface area contributed by atoms with Crippen LogP contribution in [0.1, 0.15) is 13.8 Å². The molecule has 44 valence electrons. The Bertz CT molecular complexity index is 39.1. The van der Waals surface area contributed by atoms with Gasteiger partial charge in [0.25, 0.3) is 0 Å². The summed E-state index contributed by atoms with van der Waals surface area (Å²) < 4.78 is 5.13. The van der Waals surface area contributed by atoms with Crippen molar-refractivity contribution in [2.24, 2.45) is 0 Å². The molecule has 1 unspecified atom stereocenters. The van der Waals surface area contributed by atoms with Crippen LogP contribution in [-0.2, 0) is 4.74 Å². The Balaban J connectivity index is 2.83. The molecule has 0 heterocycles. The molecule has 2 heteroatoms. The molecule has 2 nitrogen and oxygen atoms in total. The molecular weight excluding hydrogens is 90.1 g/mol. The van der Waals surface area contributed by atoms with E-state index in [1.807, 2.05) is 13.8 Å². The maximum absolute atomic E-state index is 5.13. The molecular formula is C5H14NO+. The van der Waals surface area contributed by atoms with Crippen molar-refractivity contribution in [1.29, 1.82) is 0 Å². The van der Waals surface area contributed by atoms with Crippen molar-refractivity contribution < 1.29 is 10.5 Å². The van der Waals surface area contributed by atoms with Gasteiger partial charge < -0.3 is 10.5 Å². The number of quaternary nitrogens is 1. The molecule has 0 aromatic rings. The highest BCUT2D eigenvalue weighted by Crippen LogP contribution is 1.82. The molecule has 0 spiro atoms. The van der Waals surface area contributed by atoms with Gasteiger partial charge >= 0.3 is 0 Å². The quantitative estimate of drug-likeness (QED) is 0.522. The van der Waals surface area contributed by atoms with Crippen molar-refractivity contribution in [3.05, 3.63) is 0 Å². The predicted octanol–water partition coefficient (Wildman–Crippen LogP) is -0.347. The zero-order valence-electron chi connectivity index (χ0n) is 5.11. The minimum atomic E-state index is 0.338. The monoisotopic (exact) mass is 104 g/mol. The smallest absolute Gasteiger partial charge is 0.103 e. The van der Waals surface area contributed by atoms with Crippen LogP contribution in [0.2, 0.25) is 0 Å². The van der Waals surface area contributed by atoms with Crippen molar-refractivity contribution >= 4 is 0 Å². The Labute approximate surface area is 44.7 Å². The molecule has 0 aromatic carbocycles. The van der Waals surface area contributed by atoms with Crippen molar-refractivity contribution in [3.63, 3.8) is 0 Å². The average molecular weight is 104 g/mol. The number of hydrogen-bond donors (Lipinski definition) is 1. The van der Waals surface area contributed by atoms with E-state index in [1.54, 1.807) is 0 Å². The molecule has 0 fully saturated rings. The first-order valence-corrected chi connectivity index (χ1v) is 2.72. The van der Waals surface area contributed by atoms with E-state index >= 15 is 0 Å². The Morgan fingerprint density at radius 2 is 2.29 bits per heavy atom. The molecule has 0 bridgehead atoms. The van der Waals surface area contributed by atoms with Crippen LogP contribution in [0.5, 0.6) is 0 Å². The maximum Gasteiger partial charge on any atom is 0.103 e. The zero-order valence-corrected chi connectivity index (χ0v) is 5.11. The van der Waals surface area contributed by atoms with Crippen LogP contribution in [0.4, 0.5) is 0 Å². The lowest BCUT2D eigenvalue weighted by molar-refractivity contribution is -0.384. The highest BCUT2D eigenvalue weighted by Gasteiger charge is 1.95. The largest absolute Gasteiger partial charge is 0.373 e. The Morgan fingerprint density at radius 3 is 2.43 bits per heavy atom. The topological polar surface area (TPSA) is 36.9 Å². The van der Waals surface area contributed by atoms with Crippen LogP contribution in [0.3, 0.4) is 0 Å². The highest BCUT2D eigenvalue weighted by molar-refractivity contribution is 4.39. The summed E-state index contributed by atoms with van der Waals surface area (Å²) in [7, 11) is 0. The van der Waals surface area contributed by atoms with E-state index in [9.17, 15) is 0 Å². The second-order valence-corrected chi connectivity index (χ2v) is 1.55. The summed E-state index contributed by atoms with van der Waals surface area (Å²) in [5, 5.41) is 0. The van der Waals surface area contributed by atoms with Crippen molar-refractivity contribution in [1.82, 2.24) is 0 Å². The van der Waals surface area contributed by atoms with Crippen LogP contribution in [0.25, 0.3) is 0 Å². The molecule has 7 heavy (non-hydrogen) atoms. The molecule has 0 saturated heterocycles. The van der Waals surface area contributed by atoms with Gasteiger partial charge in [0.2, 0.25) is 0 Å². The van der Waals surface area contributed by atoms with Crippen LogP contribution < -0.4 is 5.73 Å². The summed E-state index contributed by atoms with van der Waals surface area (Å²) in [6.45, 7) is 5.69. The van der Waals surface area contributed by atoms with Gasteiger partial charge in [-0.05, 0) is 13.8 Å². The summed E-state index contributed by atoms with van der Waals surface area (Å²) in [4.78, 5) is 0. The fourth-order valence-electron chi connectivity index (χ4n) is 0.368. The van der Waals surface area contributed by atoms with Gasteiger partial charge in [0.05, 0.1) is 0 Å². The Hall–Kier alpha value is -0.0800. The molecule has 0 radical (unpaired) electrons. The normalized spacial score (nSPS) is 14.1. The second kappa shape index (κ2) is 4.09. The van der Waals surface area contributed by atoms with E-state index in [1.165, 1.54) is 0 Å². The van der Waals surface area contributed by atoms with E-state index in [0.717, 1.165) is 13.2 Å². The van der Waals surface area contributed by atoms with E-state index < -0.39 is 0 Å². The van der Waals surface area contributed by atoms with E-state index in [4.69, 9.17) is 4.74 Å². The van der Waals surface area contributed by atoms with Gasteiger partial charge in [-0.3, -0.25) is 0 Å². The van der Waals surface area contributed by atoms with Gasteiger partial charge in [0.1, 0.15) is 12.6 Å². The SMILES string of the molecule is CCOC(C)C[NH3+]. The minimum absolute atomic E-state index is 0.338. The first-order chi connectivity index (χ1) is 3.31. The third-order valence-corrected chi connectivity index (χ3v) is 0.858. The standard InChI is InChI=1S/C5H13NO/c1-3-7-5(2)4-6/h5H,3-4,6H2,1-2H3/p+1. The first kappa shape index (κ1) is 6.92. The van der Waals surface area contributed by atoms with E-state index in [0.29, 0.717) is 6.10 Å². The van der Waals surface area contributed by atoms with Gasteiger partial charge in [-0.25, -0.2) is 0 Å². The lowest BCUT2D eigenvalue weighted by Crippen LogP contribution is -2.55. The lowest BCUT2D eigenvalue weighted by atomic mass is 10.4. The maximum atomic E-state index is 5.13. The molecule has 0 rings (SSSR count). The average Bonchev–Trinajstić information content (AvgIpc) is 1.68. The van der Waals surface area contributed by atoms with E-state index in [2.05, 4.69) is 5.73 Å². The Morgan fingerprint density at radius 1 is 1.71 bits per heavy atom. The summed E-state index contributed by atoms with van der Waals surface area (Å²) in [5.74, 6) is 0. The molecule has 0 aliphatic heterocycles. The van der Waals surface area contributed by atoms with Crippen molar-refractivity contribution in [2.75, 3.05) is 13.2 Å². The predicted molar refractivity (Wildman–Crippen MR) is 28.8 cm³/mol. The van der Waals surface area contributed by atoms with E-state index in [-0.39, 0.29) is 0 Å². The van der Waals surface area contributed by atoms with Crippen LogP contribution >= 0.6 is 0 Å². The van der Waals surface area contributed by atoms with Gasteiger partial charge in [0, 0.05) is 6.61 Å². The van der Waals surface area contributed by atoms with Crippen LogP contribution in [0, 0.1) is 0 Å². The summed E-state index contributed by atoms with van der Waals surface area (Å²) in [6.07, 6.45) is 0.338. The number of hydrogen-bond acceptors (Lipinski definition) is 1. The third-order valence-electron chi connectivity index (χ3n) is 0.858. The van der Waals surface area contributed by atoms with Gasteiger partial charge in [-0.15, -0.1) is 0 Å². The molecule has 0 saturated carbocycles. The molecule has 1 atom stereocenters. The summed E-state index contributed by atoms with van der Waals surface area (Å²) in [5.41, 5.74) is 3.68. The van der Waals surface area contributed by atoms with Gasteiger partial charge in [-0.1, -0.05) is 0 Å². The third kappa shape index (κ3) is 3.76. The molecule has 0 aliphatic carbocycles. The summed E-state index contributed by atoms with van der Waals surface area (Å²) >= 11 is 0. The lowest BCUT2D eigenvalue weighted by Gasteiger charge is -2.03. The highest BCUT2D eigenvalue weighted by atomic mass is 16.5. The first-order valence-electron chi connectivity index (χ1n) is 2.72. The zero-order chi connectivity index (χ0) is 5.70. The summed E-state index contributed by atoms with van der Waals surface area (Å²) in [6, 6.07) is 0.